The number of nitrogens with zero attached hydrogens (tertiary/aromatic N) is 1. The molecule has 0 fully saturated rings. The number of ether oxygens (including phenoxy) is 1. The molecule has 2 aromatic carbocycles. The Bertz CT molecular complexity index is 840. The van der Waals surface area contributed by atoms with Gasteiger partial charge in [-0.3, -0.25) is 4.90 Å². The highest BCUT2D eigenvalue weighted by Crippen LogP contribution is 2.52. The summed E-state index contributed by atoms with van der Waals surface area (Å²) >= 11 is 0. The van der Waals surface area contributed by atoms with Gasteiger partial charge in [0.2, 0.25) is 5.88 Å². The minimum absolute atomic E-state index is 0.730. The second-order valence-electron chi connectivity index (χ2n) is 5.74. The van der Waals surface area contributed by atoms with Gasteiger partial charge >= 0.3 is 0 Å². The lowest BCUT2D eigenvalue weighted by Gasteiger charge is -2.31. The van der Waals surface area contributed by atoms with Gasteiger partial charge < -0.3 is 9.15 Å². The maximum absolute atomic E-state index is 5.94. The van der Waals surface area contributed by atoms with Crippen LogP contribution in [0.3, 0.4) is 0 Å². The lowest BCUT2D eigenvalue weighted by atomic mass is 10.0. The molecular formula is C19H17NO2. The fraction of sp³-hybridized carbons (Fsp3) is 0.158. The monoisotopic (exact) mass is 291 g/mol. The molecule has 0 aliphatic carbocycles. The normalized spacial score (nSPS) is 12.6. The predicted octanol–water partition coefficient (Wildman–Crippen LogP) is 5.78. The Morgan fingerprint density at radius 2 is 1.59 bits per heavy atom. The lowest BCUT2D eigenvalue weighted by Crippen LogP contribution is -2.16. The molecule has 110 valence electrons. The van der Waals surface area contributed by atoms with Gasteiger partial charge in [0.15, 0.2) is 11.5 Å². The van der Waals surface area contributed by atoms with Crippen molar-refractivity contribution in [1.29, 1.82) is 0 Å². The molecule has 3 heteroatoms. The van der Waals surface area contributed by atoms with E-state index in [1.807, 2.05) is 24.3 Å². The highest BCUT2D eigenvalue weighted by molar-refractivity contribution is 5.86. The first-order valence-corrected chi connectivity index (χ1v) is 7.37. The van der Waals surface area contributed by atoms with E-state index in [0.29, 0.717) is 0 Å². The average Bonchev–Trinajstić information content (AvgIpc) is 2.93. The molecule has 0 spiro atoms. The molecule has 22 heavy (non-hydrogen) atoms. The first kappa shape index (κ1) is 13.0. The first-order chi connectivity index (χ1) is 10.6. The van der Waals surface area contributed by atoms with Crippen molar-refractivity contribution >= 4 is 17.3 Å². The van der Waals surface area contributed by atoms with Crippen LogP contribution in [0.15, 0.2) is 53.1 Å². The molecule has 0 atom stereocenters. The van der Waals surface area contributed by atoms with E-state index in [0.717, 1.165) is 28.8 Å². The van der Waals surface area contributed by atoms with Crippen molar-refractivity contribution in [2.24, 2.45) is 0 Å². The number of para-hydroxylation sites is 2. The molecule has 4 rings (SSSR count). The van der Waals surface area contributed by atoms with E-state index in [2.05, 4.69) is 43.9 Å². The number of hydrogen-bond acceptors (Lipinski definition) is 3. The van der Waals surface area contributed by atoms with E-state index in [4.69, 9.17) is 9.15 Å². The molecule has 0 N–H and O–H groups in total. The number of hydrogen-bond donors (Lipinski definition) is 0. The van der Waals surface area contributed by atoms with E-state index >= 15 is 0 Å². The molecule has 0 saturated heterocycles. The van der Waals surface area contributed by atoms with Gasteiger partial charge in [-0.05, 0) is 44.0 Å². The average molecular weight is 291 g/mol. The van der Waals surface area contributed by atoms with Crippen molar-refractivity contribution in [3.05, 3.63) is 65.4 Å². The van der Waals surface area contributed by atoms with Crippen molar-refractivity contribution in [2.45, 2.75) is 20.8 Å². The van der Waals surface area contributed by atoms with E-state index in [-0.39, 0.29) is 0 Å². The molecule has 3 nitrogen and oxygen atoms in total. The van der Waals surface area contributed by atoms with Crippen LogP contribution >= 0.6 is 0 Å². The van der Waals surface area contributed by atoms with Crippen LogP contribution in [0.4, 0.5) is 17.3 Å². The quantitative estimate of drug-likeness (QED) is 0.444. The zero-order valence-electron chi connectivity index (χ0n) is 12.9. The van der Waals surface area contributed by atoms with Crippen LogP contribution in [0.1, 0.15) is 16.7 Å². The fourth-order valence-electron chi connectivity index (χ4n) is 3.23. The van der Waals surface area contributed by atoms with E-state index in [1.165, 1.54) is 16.7 Å². The van der Waals surface area contributed by atoms with Gasteiger partial charge in [0.1, 0.15) is 0 Å². The molecule has 0 saturated carbocycles. The maximum atomic E-state index is 5.94. The Labute approximate surface area is 129 Å². The number of furan rings is 1. The fourth-order valence-corrected chi connectivity index (χ4v) is 3.23. The minimum Gasteiger partial charge on any atom is -0.449 e. The van der Waals surface area contributed by atoms with Crippen LogP contribution in [0.2, 0.25) is 0 Å². The number of fused-ring (bicyclic) bond motifs is 2. The van der Waals surface area contributed by atoms with E-state index in [9.17, 15) is 0 Å². The molecule has 1 aliphatic rings. The summed E-state index contributed by atoms with van der Waals surface area (Å²) in [7, 11) is 0. The zero-order chi connectivity index (χ0) is 15.3. The first-order valence-electron chi connectivity index (χ1n) is 7.37. The summed E-state index contributed by atoms with van der Waals surface area (Å²) < 4.78 is 11.7. The van der Waals surface area contributed by atoms with Crippen LogP contribution in [0.5, 0.6) is 11.5 Å². The van der Waals surface area contributed by atoms with E-state index in [1.54, 1.807) is 6.26 Å². The van der Waals surface area contributed by atoms with Crippen molar-refractivity contribution in [3.8, 4) is 11.5 Å². The minimum atomic E-state index is 0.730. The summed E-state index contributed by atoms with van der Waals surface area (Å²) in [6.45, 7) is 6.39. The SMILES string of the molecule is Cc1cc(C)c(N2c3ccccc3Oc3ccoc32)c(C)c1. The van der Waals surface area contributed by atoms with Crippen molar-refractivity contribution in [2.75, 3.05) is 4.90 Å². The summed E-state index contributed by atoms with van der Waals surface area (Å²) in [6, 6.07) is 14.3. The predicted molar refractivity (Wildman–Crippen MR) is 87.7 cm³/mol. The third-order valence-electron chi connectivity index (χ3n) is 4.00. The molecule has 3 aromatic rings. The Balaban J connectivity index is 2.01. The topological polar surface area (TPSA) is 25.6 Å². The van der Waals surface area contributed by atoms with Crippen LogP contribution in [0.25, 0.3) is 0 Å². The Morgan fingerprint density at radius 3 is 2.36 bits per heavy atom. The van der Waals surface area contributed by atoms with E-state index < -0.39 is 0 Å². The Kier molecular flexibility index (Phi) is 2.76. The van der Waals surface area contributed by atoms with Gasteiger partial charge in [-0.15, -0.1) is 0 Å². The van der Waals surface area contributed by atoms with Crippen LogP contribution in [0, 0.1) is 20.8 Å². The summed E-state index contributed by atoms with van der Waals surface area (Å²) in [5, 5.41) is 0. The van der Waals surface area contributed by atoms with Crippen molar-refractivity contribution in [3.63, 3.8) is 0 Å². The second kappa shape index (κ2) is 4.67. The van der Waals surface area contributed by atoms with Gasteiger partial charge in [0.25, 0.3) is 0 Å². The van der Waals surface area contributed by atoms with Gasteiger partial charge in [-0.1, -0.05) is 29.8 Å². The Hall–Kier alpha value is -2.68. The largest absolute Gasteiger partial charge is 0.449 e. The summed E-state index contributed by atoms with van der Waals surface area (Å²) in [5.41, 5.74) is 5.85. The van der Waals surface area contributed by atoms with Gasteiger partial charge in [-0.25, -0.2) is 0 Å². The standard InChI is InChI=1S/C19H17NO2/c1-12-10-13(2)18(14(3)11-12)20-15-6-4-5-7-16(15)22-17-8-9-21-19(17)20/h4-11H,1-3H3. The molecule has 0 unspecified atom stereocenters. The molecule has 0 bridgehead atoms. The number of benzene rings is 2. The van der Waals surface area contributed by atoms with Gasteiger partial charge in [-0.2, -0.15) is 0 Å². The second-order valence-corrected chi connectivity index (χ2v) is 5.74. The van der Waals surface area contributed by atoms with Crippen molar-refractivity contribution < 1.29 is 9.15 Å². The molecule has 0 amide bonds. The molecule has 0 radical (unpaired) electrons. The smallest absolute Gasteiger partial charge is 0.248 e. The number of aryl methyl sites for hydroxylation is 3. The van der Waals surface area contributed by atoms with Crippen LogP contribution < -0.4 is 9.64 Å². The third-order valence-corrected chi connectivity index (χ3v) is 4.00. The number of rotatable bonds is 1. The van der Waals surface area contributed by atoms with Gasteiger partial charge in [0.05, 0.1) is 17.6 Å². The summed E-state index contributed by atoms with van der Waals surface area (Å²) in [5.74, 6) is 2.32. The highest BCUT2D eigenvalue weighted by Gasteiger charge is 2.30. The molecule has 1 aliphatic heterocycles. The van der Waals surface area contributed by atoms with Gasteiger partial charge in [0, 0.05) is 6.07 Å². The van der Waals surface area contributed by atoms with Crippen LogP contribution in [-0.2, 0) is 0 Å². The third kappa shape index (κ3) is 1.82. The van der Waals surface area contributed by atoms with Crippen molar-refractivity contribution in [1.82, 2.24) is 0 Å². The highest BCUT2D eigenvalue weighted by atomic mass is 16.5. The zero-order valence-corrected chi connectivity index (χ0v) is 12.9. The summed E-state index contributed by atoms with van der Waals surface area (Å²) in [4.78, 5) is 2.15. The van der Waals surface area contributed by atoms with Crippen LogP contribution in [-0.4, -0.2) is 0 Å². The number of anilines is 3. The maximum Gasteiger partial charge on any atom is 0.248 e. The Morgan fingerprint density at radius 1 is 0.864 bits per heavy atom. The molecule has 2 heterocycles. The molecular weight excluding hydrogens is 274 g/mol. The lowest BCUT2D eigenvalue weighted by molar-refractivity contribution is 0.458. The summed E-state index contributed by atoms with van der Waals surface area (Å²) in [6.07, 6.45) is 1.67. The molecule has 1 aromatic heterocycles.